The summed E-state index contributed by atoms with van der Waals surface area (Å²) < 4.78 is 0. The van der Waals surface area contributed by atoms with Crippen molar-refractivity contribution < 1.29 is 4.79 Å². The molecule has 224 valence electrons. The Hall–Kier alpha value is -4.41. The van der Waals surface area contributed by atoms with Crippen LogP contribution in [0.1, 0.15) is 89.8 Å². The average Bonchev–Trinajstić information content (AvgIpc) is 2.96. The van der Waals surface area contributed by atoms with E-state index in [0.717, 1.165) is 46.2 Å². The Kier molecular flexibility index (Phi) is 9.73. The lowest BCUT2D eigenvalue weighted by molar-refractivity contribution is 0.256. The molecular formula is C36H43N5O2. The average molecular weight is 578 g/mol. The lowest BCUT2D eigenvalue weighted by atomic mass is 9.92. The van der Waals surface area contributed by atoms with Gasteiger partial charge in [-0.15, -0.1) is 0 Å². The van der Waals surface area contributed by atoms with Gasteiger partial charge >= 0.3 is 6.03 Å². The van der Waals surface area contributed by atoms with Crippen molar-refractivity contribution in [2.45, 2.75) is 78.7 Å². The van der Waals surface area contributed by atoms with Crippen LogP contribution < -0.4 is 21.5 Å². The first-order valence-corrected chi connectivity index (χ1v) is 15.1. The number of H-pyrrole nitrogens is 1. The third-order valence-corrected chi connectivity index (χ3v) is 7.30. The molecule has 7 heteroatoms. The second-order valence-corrected chi connectivity index (χ2v) is 12.2. The number of hydrogen-bond donors (Lipinski definition) is 3. The number of aromatic nitrogens is 2. The number of benzene rings is 2. The molecular weight excluding hydrogens is 534 g/mol. The molecule has 0 unspecified atom stereocenters. The van der Waals surface area contributed by atoms with E-state index in [-0.39, 0.29) is 29.1 Å². The van der Waals surface area contributed by atoms with Crippen molar-refractivity contribution in [1.82, 2.24) is 9.97 Å². The molecule has 2 amide bonds. The largest absolute Gasteiger partial charge is 0.326 e. The molecule has 0 aliphatic carbocycles. The predicted octanol–water partition coefficient (Wildman–Crippen LogP) is 7.76. The Morgan fingerprint density at radius 3 is 2.35 bits per heavy atom. The molecule has 4 N–H and O–H groups in total. The monoisotopic (exact) mass is 577 g/mol. The maximum Gasteiger partial charge on any atom is 0.326 e. The smallest absolute Gasteiger partial charge is 0.316 e. The zero-order chi connectivity index (χ0) is 31.3. The van der Waals surface area contributed by atoms with Crippen molar-refractivity contribution in [2.75, 3.05) is 16.8 Å². The fourth-order valence-electron chi connectivity index (χ4n) is 5.15. The van der Waals surface area contributed by atoms with Gasteiger partial charge in [-0.3, -0.25) is 9.69 Å². The van der Waals surface area contributed by atoms with E-state index in [2.05, 4.69) is 73.9 Å². The number of aromatic amines is 1. The molecule has 0 saturated carbocycles. The molecule has 4 rings (SSSR count). The normalized spacial score (nSPS) is 11.5. The van der Waals surface area contributed by atoms with Crippen LogP contribution in [0.15, 0.2) is 65.6 Å². The van der Waals surface area contributed by atoms with Gasteiger partial charge in [0.2, 0.25) is 0 Å². The van der Waals surface area contributed by atoms with Gasteiger partial charge in [-0.1, -0.05) is 83.2 Å². The van der Waals surface area contributed by atoms with Crippen LogP contribution in [-0.2, 0) is 0 Å². The minimum atomic E-state index is -0.655. The number of nitrogens with zero attached hydrogens (tertiary/aromatic N) is 2. The lowest BCUT2D eigenvalue weighted by Gasteiger charge is -2.28. The van der Waals surface area contributed by atoms with E-state index < -0.39 is 5.54 Å². The molecule has 0 aliphatic rings. The Morgan fingerprint density at radius 2 is 1.72 bits per heavy atom. The maximum atomic E-state index is 14.3. The van der Waals surface area contributed by atoms with Crippen LogP contribution in [0.4, 0.5) is 16.2 Å². The third kappa shape index (κ3) is 7.33. The quantitative estimate of drug-likeness (QED) is 0.186. The second-order valence-electron chi connectivity index (χ2n) is 12.2. The van der Waals surface area contributed by atoms with Gasteiger partial charge in [0.05, 0.1) is 5.54 Å². The number of hydrogen-bond acceptors (Lipinski definition) is 4. The van der Waals surface area contributed by atoms with Crippen molar-refractivity contribution in [3.63, 3.8) is 0 Å². The van der Waals surface area contributed by atoms with E-state index in [4.69, 9.17) is 5.73 Å². The van der Waals surface area contributed by atoms with Crippen LogP contribution in [0.5, 0.6) is 0 Å². The number of unbranched alkanes of at least 4 members (excludes halogenated alkanes) is 1. The van der Waals surface area contributed by atoms with E-state index in [1.807, 2.05) is 56.3 Å². The van der Waals surface area contributed by atoms with Crippen molar-refractivity contribution in [1.29, 1.82) is 0 Å². The molecule has 43 heavy (non-hydrogen) atoms. The molecule has 0 radical (unpaired) electrons. The first kappa shape index (κ1) is 31.5. The highest BCUT2D eigenvalue weighted by molar-refractivity contribution is 6.09. The van der Waals surface area contributed by atoms with Gasteiger partial charge in [0.1, 0.15) is 11.3 Å². The van der Waals surface area contributed by atoms with E-state index >= 15 is 0 Å². The van der Waals surface area contributed by atoms with Crippen molar-refractivity contribution in [3.8, 4) is 23.0 Å². The minimum absolute atomic E-state index is 0.200. The van der Waals surface area contributed by atoms with Crippen LogP contribution in [0.2, 0.25) is 0 Å². The van der Waals surface area contributed by atoms with Gasteiger partial charge in [0, 0.05) is 34.9 Å². The third-order valence-electron chi connectivity index (χ3n) is 7.30. The molecule has 0 fully saturated rings. The second kappa shape index (κ2) is 13.3. The van der Waals surface area contributed by atoms with Crippen LogP contribution in [0, 0.1) is 11.8 Å². The van der Waals surface area contributed by atoms with Crippen LogP contribution in [-0.4, -0.2) is 28.1 Å². The van der Waals surface area contributed by atoms with E-state index in [0.29, 0.717) is 17.8 Å². The first-order valence-electron chi connectivity index (χ1n) is 15.1. The Balaban J connectivity index is 1.95. The van der Waals surface area contributed by atoms with Crippen LogP contribution >= 0.6 is 0 Å². The Bertz CT molecular complexity index is 1710. The molecule has 2 aromatic heterocycles. The molecule has 2 heterocycles. The zero-order valence-electron chi connectivity index (χ0n) is 26.3. The van der Waals surface area contributed by atoms with Crippen molar-refractivity contribution >= 4 is 28.4 Å². The number of anilines is 2. The predicted molar refractivity (Wildman–Crippen MR) is 179 cm³/mol. The minimum Gasteiger partial charge on any atom is -0.316 e. The number of carbonyl (C=O) groups is 1. The summed E-state index contributed by atoms with van der Waals surface area (Å²) in [7, 11) is 0. The van der Waals surface area contributed by atoms with E-state index in [9.17, 15) is 9.59 Å². The lowest BCUT2D eigenvalue weighted by Crippen LogP contribution is -2.40. The summed E-state index contributed by atoms with van der Waals surface area (Å²) >= 11 is 0. The summed E-state index contributed by atoms with van der Waals surface area (Å²) in [5.74, 6) is 6.64. The van der Waals surface area contributed by atoms with Gasteiger partial charge in [-0.2, -0.15) is 0 Å². The van der Waals surface area contributed by atoms with Gasteiger partial charge in [-0.05, 0) is 73.1 Å². The molecule has 7 nitrogen and oxygen atoms in total. The molecule has 4 aromatic rings. The summed E-state index contributed by atoms with van der Waals surface area (Å²) in [6.07, 6.45) is 3.22. The molecule has 0 bridgehead atoms. The molecule has 0 spiro atoms. The highest BCUT2D eigenvalue weighted by atomic mass is 16.2. The molecule has 0 atom stereocenters. The number of urea groups is 1. The van der Waals surface area contributed by atoms with Gasteiger partial charge in [-0.25, -0.2) is 9.78 Å². The number of para-hydroxylation sites is 1. The molecule has 2 aromatic carbocycles. The zero-order valence-corrected chi connectivity index (χ0v) is 26.3. The van der Waals surface area contributed by atoms with E-state index in [1.54, 1.807) is 11.1 Å². The SMILES string of the molecule is CCCCN(C(=O)Nc1c(C(C)C)cccc1C(C)C)c1c(-c2cccc(C#CC(C)(C)N)c2)c2cccnc2[nH]c1=O. The van der Waals surface area contributed by atoms with Crippen LogP contribution in [0.25, 0.3) is 22.2 Å². The highest BCUT2D eigenvalue weighted by Gasteiger charge is 2.27. The summed E-state index contributed by atoms with van der Waals surface area (Å²) in [4.78, 5) is 37.2. The summed E-state index contributed by atoms with van der Waals surface area (Å²) in [5, 5.41) is 3.97. The van der Waals surface area contributed by atoms with Crippen molar-refractivity contribution in [3.05, 3.63) is 87.8 Å². The van der Waals surface area contributed by atoms with Crippen molar-refractivity contribution in [2.24, 2.45) is 5.73 Å². The number of rotatable bonds is 8. The summed E-state index contributed by atoms with van der Waals surface area (Å²) in [6, 6.07) is 17.2. The topological polar surface area (TPSA) is 104 Å². The Labute approximate surface area is 254 Å². The fourth-order valence-corrected chi connectivity index (χ4v) is 5.15. The molecule has 0 aliphatic heterocycles. The summed E-state index contributed by atoms with van der Waals surface area (Å²) in [5.41, 5.74) is 10.9. The van der Waals surface area contributed by atoms with Crippen LogP contribution in [0.3, 0.4) is 0 Å². The standard InChI is InChI=1S/C36H43N5O2/c1-8-9-21-41(35(43)39-31-27(23(2)3)15-11-16-28(31)24(4)5)32-30(29-17-12-20-38-33(29)40-34(32)42)26-14-10-13-25(22-26)18-19-36(6,7)37/h10-17,20,22-24H,8-9,21,37H2,1-7H3,(H,39,43)(H,38,40,42). The number of nitrogens with one attached hydrogen (secondary N) is 2. The van der Waals surface area contributed by atoms with Gasteiger partial charge in [0.15, 0.2) is 0 Å². The number of amides is 2. The first-order chi connectivity index (χ1) is 20.4. The van der Waals surface area contributed by atoms with E-state index in [1.165, 1.54) is 0 Å². The maximum absolute atomic E-state index is 14.3. The highest BCUT2D eigenvalue weighted by Crippen LogP contribution is 2.36. The Morgan fingerprint density at radius 1 is 1.05 bits per heavy atom. The van der Waals surface area contributed by atoms with Gasteiger partial charge in [0.25, 0.3) is 5.56 Å². The number of pyridine rings is 2. The fraction of sp³-hybridized carbons (Fsp3) is 0.361. The number of fused-ring (bicyclic) bond motifs is 1. The summed E-state index contributed by atoms with van der Waals surface area (Å²) in [6.45, 7) is 14.6. The number of carbonyl (C=O) groups excluding carboxylic acids is 1. The molecule has 0 saturated heterocycles. The number of nitrogens with two attached hydrogens (primary N) is 1. The van der Waals surface area contributed by atoms with Gasteiger partial charge < -0.3 is 16.0 Å².